The molecule has 0 atom stereocenters. The number of nitrogens with zero attached hydrogens (tertiary/aromatic N) is 3. The molecule has 0 spiro atoms. The van der Waals surface area contributed by atoms with Gasteiger partial charge in [-0.3, -0.25) is 9.59 Å². The molecule has 2 amide bonds. The van der Waals surface area contributed by atoms with Crippen LogP contribution in [-0.4, -0.2) is 28.1 Å². The molecule has 1 aliphatic heterocycles. The second-order valence-corrected chi connectivity index (χ2v) is 7.25. The first-order valence-corrected chi connectivity index (χ1v) is 9.34. The lowest BCUT2D eigenvalue weighted by Gasteiger charge is -2.15. The third kappa shape index (κ3) is 3.38. The molecule has 1 aliphatic rings. The lowest BCUT2D eigenvalue weighted by atomic mass is 10.1. The highest BCUT2D eigenvalue weighted by Crippen LogP contribution is 2.30. The molecule has 0 saturated heterocycles. The first-order valence-electron chi connectivity index (χ1n) is 8.55. The van der Waals surface area contributed by atoms with E-state index in [0.717, 1.165) is 27.8 Å². The first-order chi connectivity index (χ1) is 13.0. The van der Waals surface area contributed by atoms with Crippen LogP contribution in [0.3, 0.4) is 0 Å². The molecule has 0 bridgehead atoms. The number of nitrogens with one attached hydrogen (secondary N) is 1. The van der Waals surface area contributed by atoms with Crippen molar-refractivity contribution < 1.29 is 9.59 Å². The van der Waals surface area contributed by atoms with Crippen LogP contribution in [0.15, 0.2) is 59.3 Å². The number of hydrogen-bond acceptors (Lipinski definition) is 3. The number of rotatable bonds is 3. The van der Waals surface area contributed by atoms with Gasteiger partial charge in [0, 0.05) is 41.6 Å². The number of aromatic nitrogens is 2. The Labute approximate surface area is 164 Å². The Hall–Kier alpha value is -2.93. The molecular formula is C20H17BrN4O2. The van der Waals surface area contributed by atoms with Crippen molar-refractivity contribution >= 4 is 39.1 Å². The molecule has 0 unspecified atom stereocenters. The van der Waals surface area contributed by atoms with E-state index in [-0.39, 0.29) is 11.8 Å². The minimum absolute atomic E-state index is 0.0175. The number of hydrogen-bond donors (Lipinski definition) is 1. The quantitative estimate of drug-likeness (QED) is 0.695. The summed E-state index contributed by atoms with van der Waals surface area (Å²) < 4.78 is 2.56. The third-order valence-corrected chi connectivity index (χ3v) is 5.07. The molecular weight excluding hydrogens is 408 g/mol. The van der Waals surface area contributed by atoms with E-state index in [4.69, 9.17) is 0 Å². The van der Waals surface area contributed by atoms with Crippen LogP contribution in [0.25, 0.3) is 5.69 Å². The van der Waals surface area contributed by atoms with Crippen LogP contribution in [0.2, 0.25) is 0 Å². The predicted molar refractivity (Wildman–Crippen MR) is 107 cm³/mol. The van der Waals surface area contributed by atoms with Gasteiger partial charge in [0.05, 0.1) is 11.4 Å². The van der Waals surface area contributed by atoms with Crippen LogP contribution >= 0.6 is 15.9 Å². The van der Waals surface area contributed by atoms with Gasteiger partial charge in [0.15, 0.2) is 0 Å². The average molecular weight is 425 g/mol. The minimum Gasteiger partial charge on any atom is -0.320 e. The summed E-state index contributed by atoms with van der Waals surface area (Å²) in [6, 6.07) is 12.9. The highest BCUT2D eigenvalue weighted by Gasteiger charge is 2.23. The number of amides is 2. The minimum atomic E-state index is -0.203. The van der Waals surface area contributed by atoms with E-state index in [2.05, 4.69) is 26.3 Å². The SMILES string of the molecule is CC(=O)N1CCc2cc(C(=O)Nc3cc(Br)ccc3-n3cccn3)ccc21. The van der Waals surface area contributed by atoms with Crippen LogP contribution in [-0.2, 0) is 11.2 Å². The maximum Gasteiger partial charge on any atom is 0.255 e. The normalized spacial score (nSPS) is 12.7. The summed E-state index contributed by atoms with van der Waals surface area (Å²) >= 11 is 3.45. The van der Waals surface area contributed by atoms with E-state index in [1.165, 1.54) is 0 Å². The molecule has 0 saturated carbocycles. The number of benzene rings is 2. The number of carbonyl (C=O) groups excluding carboxylic acids is 2. The lowest BCUT2D eigenvalue weighted by molar-refractivity contribution is -0.116. The summed E-state index contributed by atoms with van der Waals surface area (Å²) in [6.07, 6.45) is 4.27. The van der Waals surface area contributed by atoms with Gasteiger partial charge in [-0.1, -0.05) is 15.9 Å². The number of carbonyl (C=O) groups is 2. The Balaban J connectivity index is 1.62. The van der Waals surface area contributed by atoms with Gasteiger partial charge in [-0.25, -0.2) is 4.68 Å². The standard InChI is InChI=1S/C20H17BrN4O2/c1-13(26)24-10-7-14-11-15(3-5-18(14)24)20(27)23-17-12-16(21)4-6-19(17)25-9-2-8-22-25/h2-6,8-9,11-12H,7,10H2,1H3,(H,23,27). The third-order valence-electron chi connectivity index (χ3n) is 4.58. The molecule has 27 heavy (non-hydrogen) atoms. The van der Waals surface area contributed by atoms with E-state index in [1.807, 2.05) is 42.6 Å². The van der Waals surface area contributed by atoms with Crippen LogP contribution < -0.4 is 10.2 Å². The van der Waals surface area contributed by atoms with E-state index < -0.39 is 0 Å². The number of anilines is 2. The Bertz CT molecular complexity index is 1030. The summed E-state index contributed by atoms with van der Waals surface area (Å²) in [5, 5.41) is 7.21. The largest absolute Gasteiger partial charge is 0.320 e. The van der Waals surface area contributed by atoms with Gasteiger partial charge in [0.2, 0.25) is 5.91 Å². The van der Waals surface area contributed by atoms with E-state index in [9.17, 15) is 9.59 Å². The van der Waals surface area contributed by atoms with Gasteiger partial charge < -0.3 is 10.2 Å². The Morgan fingerprint density at radius 3 is 2.70 bits per heavy atom. The van der Waals surface area contributed by atoms with Crippen LogP contribution in [0, 0.1) is 0 Å². The molecule has 7 heteroatoms. The fraction of sp³-hybridized carbons (Fsp3) is 0.150. The van der Waals surface area contributed by atoms with Crippen molar-refractivity contribution in [2.24, 2.45) is 0 Å². The van der Waals surface area contributed by atoms with Gasteiger partial charge in [-0.2, -0.15) is 5.10 Å². The van der Waals surface area contributed by atoms with E-state index in [0.29, 0.717) is 17.8 Å². The second kappa shape index (κ2) is 7.00. The lowest BCUT2D eigenvalue weighted by Crippen LogP contribution is -2.25. The molecule has 0 aliphatic carbocycles. The smallest absolute Gasteiger partial charge is 0.255 e. The zero-order chi connectivity index (χ0) is 19.0. The summed E-state index contributed by atoms with van der Waals surface area (Å²) in [6.45, 7) is 2.21. The predicted octanol–water partition coefficient (Wildman–Crippen LogP) is 3.80. The van der Waals surface area contributed by atoms with Gasteiger partial charge in [-0.15, -0.1) is 0 Å². The topological polar surface area (TPSA) is 67.2 Å². The first kappa shape index (κ1) is 17.5. The molecule has 3 aromatic rings. The highest BCUT2D eigenvalue weighted by molar-refractivity contribution is 9.10. The van der Waals surface area contributed by atoms with Crippen molar-refractivity contribution in [2.45, 2.75) is 13.3 Å². The summed E-state index contributed by atoms with van der Waals surface area (Å²) in [5.74, 6) is -0.186. The summed E-state index contributed by atoms with van der Waals surface area (Å²) in [5.41, 5.74) is 3.90. The Morgan fingerprint density at radius 1 is 1.15 bits per heavy atom. The molecule has 6 nitrogen and oxygen atoms in total. The Kier molecular flexibility index (Phi) is 4.53. The van der Waals surface area contributed by atoms with Gasteiger partial charge >= 0.3 is 0 Å². The molecule has 2 aromatic carbocycles. The van der Waals surface area contributed by atoms with Crippen LogP contribution in [0.4, 0.5) is 11.4 Å². The van der Waals surface area contributed by atoms with Gasteiger partial charge in [0.1, 0.15) is 0 Å². The molecule has 0 fully saturated rings. The van der Waals surface area contributed by atoms with Crippen molar-refractivity contribution in [3.05, 3.63) is 70.5 Å². The number of fused-ring (bicyclic) bond motifs is 1. The molecule has 0 radical (unpaired) electrons. The zero-order valence-electron chi connectivity index (χ0n) is 14.6. The average Bonchev–Trinajstić information content (AvgIpc) is 3.31. The van der Waals surface area contributed by atoms with Gasteiger partial charge in [-0.05, 0) is 54.4 Å². The molecule has 4 rings (SSSR count). The molecule has 1 N–H and O–H groups in total. The maximum absolute atomic E-state index is 12.8. The fourth-order valence-corrected chi connectivity index (χ4v) is 3.65. The van der Waals surface area contributed by atoms with Crippen molar-refractivity contribution in [3.8, 4) is 5.69 Å². The maximum atomic E-state index is 12.8. The van der Waals surface area contributed by atoms with Crippen molar-refractivity contribution in [2.75, 3.05) is 16.8 Å². The van der Waals surface area contributed by atoms with Crippen LogP contribution in [0.5, 0.6) is 0 Å². The van der Waals surface area contributed by atoms with E-state index >= 15 is 0 Å². The zero-order valence-corrected chi connectivity index (χ0v) is 16.2. The van der Waals surface area contributed by atoms with Gasteiger partial charge in [0.25, 0.3) is 5.91 Å². The summed E-state index contributed by atoms with van der Waals surface area (Å²) in [4.78, 5) is 26.2. The van der Waals surface area contributed by atoms with Crippen molar-refractivity contribution in [1.29, 1.82) is 0 Å². The summed E-state index contributed by atoms with van der Waals surface area (Å²) in [7, 11) is 0. The monoisotopic (exact) mass is 424 g/mol. The van der Waals surface area contributed by atoms with Crippen LogP contribution in [0.1, 0.15) is 22.8 Å². The molecule has 2 heterocycles. The number of halogens is 1. The fourth-order valence-electron chi connectivity index (χ4n) is 3.28. The van der Waals surface area contributed by atoms with Crippen molar-refractivity contribution in [1.82, 2.24) is 9.78 Å². The van der Waals surface area contributed by atoms with E-state index in [1.54, 1.807) is 28.8 Å². The van der Waals surface area contributed by atoms with Crippen molar-refractivity contribution in [3.63, 3.8) is 0 Å². The molecule has 1 aromatic heterocycles. The Morgan fingerprint density at radius 2 is 1.96 bits per heavy atom. The highest BCUT2D eigenvalue weighted by atomic mass is 79.9. The molecule has 136 valence electrons. The second-order valence-electron chi connectivity index (χ2n) is 6.33.